The summed E-state index contributed by atoms with van der Waals surface area (Å²) < 4.78 is 6.87. The van der Waals surface area contributed by atoms with E-state index in [-0.39, 0.29) is 12.5 Å². The summed E-state index contributed by atoms with van der Waals surface area (Å²) in [5.41, 5.74) is 3.94. The average molecular weight is 297 g/mol. The third-order valence-corrected chi connectivity index (χ3v) is 3.89. The molecule has 1 unspecified atom stereocenters. The van der Waals surface area contributed by atoms with Gasteiger partial charge in [0.1, 0.15) is 12.4 Å². The maximum Gasteiger partial charge on any atom is 0.162 e. The summed E-state index contributed by atoms with van der Waals surface area (Å²) >= 11 is 0. The highest BCUT2D eigenvalue weighted by Crippen LogP contribution is 2.36. The number of nitrogens with one attached hydrogen (secondary N) is 1. The molecule has 112 valence electrons. The SMILES string of the molecule is Cn1cc(-c2cnc3c(c2)C(c2cc(CO)on2)CN3)cn1. The lowest BCUT2D eigenvalue weighted by Crippen LogP contribution is -2.03. The fourth-order valence-electron chi connectivity index (χ4n) is 2.76. The van der Waals surface area contributed by atoms with Crippen LogP contribution >= 0.6 is 0 Å². The van der Waals surface area contributed by atoms with Gasteiger partial charge in [0.15, 0.2) is 5.76 Å². The molecule has 3 aromatic rings. The van der Waals surface area contributed by atoms with Crippen molar-refractivity contribution >= 4 is 5.82 Å². The standard InChI is InChI=1S/C15H15N5O2/c1-20-7-10(5-18-20)9-2-12-13(6-17-15(12)16-4-9)14-3-11(8-21)22-19-14/h2-5,7,13,21H,6,8H2,1H3,(H,16,17). The highest BCUT2D eigenvalue weighted by molar-refractivity contribution is 5.67. The second kappa shape index (κ2) is 4.96. The highest BCUT2D eigenvalue weighted by atomic mass is 16.5. The Labute approximate surface area is 126 Å². The molecule has 1 aliphatic rings. The van der Waals surface area contributed by atoms with Crippen LogP contribution in [0.25, 0.3) is 11.1 Å². The summed E-state index contributed by atoms with van der Waals surface area (Å²) in [7, 11) is 1.89. The van der Waals surface area contributed by atoms with Crippen molar-refractivity contribution in [2.45, 2.75) is 12.5 Å². The summed E-state index contributed by atoms with van der Waals surface area (Å²) in [6.07, 6.45) is 5.62. The Bertz CT molecular complexity index is 823. The first-order valence-electron chi connectivity index (χ1n) is 7.04. The number of aromatic nitrogens is 4. The minimum absolute atomic E-state index is 0.0724. The molecule has 4 rings (SSSR count). The molecular formula is C15H15N5O2. The molecule has 1 aliphatic heterocycles. The topological polar surface area (TPSA) is 89.0 Å². The molecule has 22 heavy (non-hydrogen) atoms. The van der Waals surface area contributed by atoms with Crippen LogP contribution in [0.3, 0.4) is 0 Å². The summed E-state index contributed by atoms with van der Waals surface area (Å²) in [5.74, 6) is 1.41. The Morgan fingerprint density at radius 2 is 2.27 bits per heavy atom. The quantitative estimate of drug-likeness (QED) is 0.762. The number of hydrogen-bond acceptors (Lipinski definition) is 6. The number of pyridine rings is 1. The molecule has 0 saturated heterocycles. The smallest absolute Gasteiger partial charge is 0.162 e. The summed E-state index contributed by atoms with van der Waals surface area (Å²) in [6.45, 7) is 0.574. The zero-order valence-corrected chi connectivity index (χ0v) is 12.0. The molecule has 7 nitrogen and oxygen atoms in total. The van der Waals surface area contributed by atoms with E-state index < -0.39 is 0 Å². The molecule has 0 bridgehead atoms. The average Bonchev–Trinajstić information content (AvgIpc) is 3.24. The van der Waals surface area contributed by atoms with E-state index in [9.17, 15) is 0 Å². The maximum absolute atomic E-state index is 9.11. The van der Waals surface area contributed by atoms with Gasteiger partial charge < -0.3 is 14.9 Å². The van der Waals surface area contributed by atoms with E-state index in [0.717, 1.165) is 34.7 Å². The molecule has 2 N–H and O–H groups in total. The number of nitrogens with zero attached hydrogens (tertiary/aromatic N) is 4. The van der Waals surface area contributed by atoms with Crippen LogP contribution in [0, 0.1) is 0 Å². The Morgan fingerprint density at radius 3 is 3.00 bits per heavy atom. The molecule has 4 heterocycles. The van der Waals surface area contributed by atoms with Crippen molar-refractivity contribution in [2.75, 3.05) is 11.9 Å². The zero-order chi connectivity index (χ0) is 15.1. The predicted molar refractivity (Wildman–Crippen MR) is 79.2 cm³/mol. The molecule has 1 atom stereocenters. The molecule has 3 aromatic heterocycles. The minimum Gasteiger partial charge on any atom is -0.388 e. The fourth-order valence-corrected chi connectivity index (χ4v) is 2.76. The van der Waals surface area contributed by atoms with Gasteiger partial charge in [-0.3, -0.25) is 4.68 Å². The molecular weight excluding hydrogens is 282 g/mol. The lowest BCUT2D eigenvalue weighted by Gasteiger charge is -2.06. The van der Waals surface area contributed by atoms with E-state index in [2.05, 4.69) is 26.6 Å². The number of fused-ring (bicyclic) bond motifs is 1. The molecule has 0 aliphatic carbocycles. The second-order valence-electron chi connectivity index (χ2n) is 5.37. The number of aryl methyl sites for hydroxylation is 1. The van der Waals surface area contributed by atoms with Crippen LogP contribution in [0.4, 0.5) is 5.82 Å². The van der Waals surface area contributed by atoms with Gasteiger partial charge >= 0.3 is 0 Å². The van der Waals surface area contributed by atoms with Crippen LogP contribution in [0.2, 0.25) is 0 Å². The first-order chi connectivity index (χ1) is 10.7. The van der Waals surface area contributed by atoms with Gasteiger partial charge in [-0.15, -0.1) is 0 Å². The van der Waals surface area contributed by atoms with Crippen LogP contribution in [0.15, 0.2) is 35.2 Å². The van der Waals surface area contributed by atoms with Crippen molar-refractivity contribution in [3.63, 3.8) is 0 Å². The first kappa shape index (κ1) is 13.0. The van der Waals surface area contributed by atoms with Crippen molar-refractivity contribution in [2.24, 2.45) is 7.05 Å². The van der Waals surface area contributed by atoms with Gasteiger partial charge in [0.25, 0.3) is 0 Å². The van der Waals surface area contributed by atoms with Crippen LogP contribution < -0.4 is 5.32 Å². The van der Waals surface area contributed by atoms with Crippen LogP contribution in [0.5, 0.6) is 0 Å². The third kappa shape index (κ3) is 2.06. The maximum atomic E-state index is 9.11. The van der Waals surface area contributed by atoms with Gasteiger partial charge in [-0.1, -0.05) is 5.16 Å². The van der Waals surface area contributed by atoms with E-state index in [1.54, 1.807) is 10.7 Å². The number of aliphatic hydroxyl groups excluding tert-OH is 1. The number of rotatable bonds is 3. The summed E-state index contributed by atoms with van der Waals surface area (Å²) in [5, 5.41) is 20.6. The molecule has 0 amide bonds. The Morgan fingerprint density at radius 1 is 1.36 bits per heavy atom. The zero-order valence-electron chi connectivity index (χ0n) is 12.0. The normalized spacial score (nSPS) is 16.5. The Kier molecular flexibility index (Phi) is 2.93. The first-order valence-corrected chi connectivity index (χ1v) is 7.04. The van der Waals surface area contributed by atoms with E-state index in [1.807, 2.05) is 25.6 Å². The fraction of sp³-hybridized carbons (Fsp3) is 0.267. The number of anilines is 1. The van der Waals surface area contributed by atoms with E-state index in [0.29, 0.717) is 5.76 Å². The highest BCUT2D eigenvalue weighted by Gasteiger charge is 2.28. The second-order valence-corrected chi connectivity index (χ2v) is 5.37. The molecule has 7 heteroatoms. The molecule has 0 radical (unpaired) electrons. The monoisotopic (exact) mass is 297 g/mol. The predicted octanol–water partition coefficient (Wildman–Crippen LogP) is 1.52. The lowest BCUT2D eigenvalue weighted by molar-refractivity contribution is 0.228. The summed E-state index contributed by atoms with van der Waals surface area (Å²) in [4.78, 5) is 4.49. The molecule has 0 aromatic carbocycles. The number of aliphatic hydroxyl groups is 1. The van der Waals surface area contributed by atoms with Crippen LogP contribution in [-0.2, 0) is 13.7 Å². The lowest BCUT2D eigenvalue weighted by atomic mass is 9.97. The number of hydrogen-bond donors (Lipinski definition) is 2. The van der Waals surface area contributed by atoms with Gasteiger partial charge in [-0.25, -0.2) is 4.98 Å². The van der Waals surface area contributed by atoms with Crippen molar-refractivity contribution < 1.29 is 9.63 Å². The Hall–Kier alpha value is -2.67. The van der Waals surface area contributed by atoms with Crippen LogP contribution in [0.1, 0.15) is 22.9 Å². The van der Waals surface area contributed by atoms with E-state index >= 15 is 0 Å². The molecule has 0 fully saturated rings. The van der Waals surface area contributed by atoms with Gasteiger partial charge in [-0.05, 0) is 6.07 Å². The van der Waals surface area contributed by atoms with Crippen LogP contribution in [-0.4, -0.2) is 31.6 Å². The summed E-state index contributed by atoms with van der Waals surface area (Å²) in [6, 6.07) is 3.90. The van der Waals surface area contributed by atoms with E-state index in [1.165, 1.54) is 0 Å². The third-order valence-electron chi connectivity index (χ3n) is 3.89. The molecule has 0 saturated carbocycles. The van der Waals surface area contributed by atoms with Crippen molar-refractivity contribution in [3.05, 3.63) is 47.7 Å². The van der Waals surface area contributed by atoms with Crippen molar-refractivity contribution in [1.29, 1.82) is 0 Å². The van der Waals surface area contributed by atoms with Crippen molar-refractivity contribution in [3.8, 4) is 11.1 Å². The Balaban J connectivity index is 1.73. The van der Waals surface area contributed by atoms with Gasteiger partial charge in [0, 0.05) is 48.7 Å². The minimum atomic E-state index is -0.145. The van der Waals surface area contributed by atoms with Gasteiger partial charge in [0.2, 0.25) is 0 Å². The molecule has 0 spiro atoms. The van der Waals surface area contributed by atoms with E-state index in [4.69, 9.17) is 9.63 Å². The largest absolute Gasteiger partial charge is 0.388 e. The van der Waals surface area contributed by atoms with Gasteiger partial charge in [0.05, 0.1) is 17.8 Å². The van der Waals surface area contributed by atoms with Crippen molar-refractivity contribution in [1.82, 2.24) is 19.9 Å². The van der Waals surface area contributed by atoms with Gasteiger partial charge in [-0.2, -0.15) is 5.10 Å².